The Bertz CT molecular complexity index is 1480. The summed E-state index contributed by atoms with van der Waals surface area (Å²) in [4.78, 5) is 47.0. The van der Waals surface area contributed by atoms with Gasteiger partial charge in [0.15, 0.2) is 0 Å². The summed E-state index contributed by atoms with van der Waals surface area (Å²) in [5.74, 6) is 1.10. The molecule has 0 saturated carbocycles. The lowest BCUT2D eigenvalue weighted by Crippen LogP contribution is -2.51. The largest absolute Gasteiger partial charge is 0.461 e. The monoisotopic (exact) mass is 533 g/mol. The van der Waals surface area contributed by atoms with Crippen LogP contribution in [0.4, 0.5) is 11.8 Å². The van der Waals surface area contributed by atoms with Crippen molar-refractivity contribution in [2.75, 3.05) is 51.5 Å². The molecule has 5 rings (SSSR count). The highest BCUT2D eigenvalue weighted by molar-refractivity contribution is 5.87. The van der Waals surface area contributed by atoms with Crippen LogP contribution in [0, 0.1) is 0 Å². The van der Waals surface area contributed by atoms with E-state index < -0.39 is 5.97 Å². The van der Waals surface area contributed by atoms with Crippen LogP contribution in [0.25, 0.3) is 11.0 Å². The Morgan fingerprint density at radius 3 is 2.74 bits per heavy atom. The molecule has 39 heavy (non-hydrogen) atoms. The molecule has 2 N–H and O–H groups in total. The summed E-state index contributed by atoms with van der Waals surface area (Å²) in [6.07, 6.45) is 5.06. The number of rotatable bonds is 10. The van der Waals surface area contributed by atoms with Crippen LogP contribution in [-0.4, -0.2) is 87.0 Å². The zero-order valence-electron chi connectivity index (χ0n) is 22.0. The molecule has 0 aromatic carbocycles. The van der Waals surface area contributed by atoms with Crippen LogP contribution in [-0.2, 0) is 22.4 Å². The van der Waals surface area contributed by atoms with E-state index in [9.17, 15) is 9.59 Å². The first kappa shape index (κ1) is 26.4. The van der Waals surface area contributed by atoms with E-state index in [1.54, 1.807) is 37.1 Å². The van der Waals surface area contributed by atoms with Crippen molar-refractivity contribution in [2.24, 2.45) is 0 Å². The number of aromatic nitrogens is 6. The van der Waals surface area contributed by atoms with Gasteiger partial charge in [-0.3, -0.25) is 9.36 Å². The highest BCUT2D eigenvalue weighted by atomic mass is 16.5. The number of aromatic amines is 1. The van der Waals surface area contributed by atoms with Crippen molar-refractivity contribution < 1.29 is 14.3 Å². The molecule has 5 heterocycles. The van der Waals surface area contributed by atoms with E-state index in [-0.39, 0.29) is 24.3 Å². The molecule has 0 spiro atoms. The number of carbonyl (C=O) groups excluding carboxylic acids is 1. The maximum absolute atomic E-state index is 13.7. The Morgan fingerprint density at radius 1 is 1.15 bits per heavy atom. The number of anilines is 2. The fraction of sp³-hybridized carbons (Fsp3) is 0.385. The van der Waals surface area contributed by atoms with Crippen LogP contribution in [0.15, 0.2) is 47.7 Å². The molecule has 0 bridgehead atoms. The molecule has 4 aromatic heterocycles. The van der Waals surface area contributed by atoms with E-state index in [1.807, 2.05) is 23.2 Å². The van der Waals surface area contributed by atoms with Gasteiger partial charge < -0.3 is 19.8 Å². The van der Waals surface area contributed by atoms with Crippen LogP contribution < -0.4 is 15.9 Å². The second-order valence-electron chi connectivity index (χ2n) is 8.91. The second kappa shape index (κ2) is 12.1. The van der Waals surface area contributed by atoms with Crippen molar-refractivity contribution in [1.82, 2.24) is 39.8 Å². The molecule has 4 aromatic rings. The summed E-state index contributed by atoms with van der Waals surface area (Å²) in [5, 5.41) is 8.10. The maximum atomic E-state index is 13.7. The zero-order chi connectivity index (χ0) is 27.2. The number of H-pyrrole nitrogens is 1. The molecule has 0 amide bonds. The Morgan fingerprint density at radius 2 is 2.00 bits per heavy atom. The molecular formula is C26H31N9O4. The Hall–Kier alpha value is -4.20. The fourth-order valence-electron chi connectivity index (χ4n) is 4.48. The molecule has 0 atom stereocenters. The molecule has 1 aliphatic rings. The summed E-state index contributed by atoms with van der Waals surface area (Å²) in [6.45, 7) is 5.78. The highest BCUT2D eigenvalue weighted by Gasteiger charge is 2.25. The number of methoxy groups -OCH3 is 1. The molecule has 0 unspecified atom stereocenters. The van der Waals surface area contributed by atoms with Gasteiger partial charge in [-0.25, -0.2) is 29.8 Å². The fourth-order valence-corrected chi connectivity index (χ4v) is 4.48. The van der Waals surface area contributed by atoms with Crippen molar-refractivity contribution in [3.8, 4) is 0 Å². The number of nitrogens with zero attached hydrogens (tertiary/aromatic N) is 7. The average molecular weight is 534 g/mol. The lowest BCUT2D eigenvalue weighted by Gasteiger charge is -2.36. The standard InChI is InChI=1S/C26H31N9O4/c1-3-39-25(37)20-17-29-21(31-20)15-18-14-19-16-30-26(32-23(19)34(24(18)36)12-13-38-2)35(22-6-4-5-7-28-22)33-10-8-27-9-11-33/h4-7,14,16-17,27H,3,8-13,15H2,1-2H3,(H,29,31). The predicted molar refractivity (Wildman–Crippen MR) is 144 cm³/mol. The number of piperazine rings is 1. The van der Waals surface area contributed by atoms with Crippen LogP contribution in [0.5, 0.6) is 0 Å². The predicted octanol–water partition coefficient (Wildman–Crippen LogP) is 1.28. The molecule has 0 radical (unpaired) electrons. The van der Waals surface area contributed by atoms with Gasteiger partial charge in [-0.2, -0.15) is 4.98 Å². The maximum Gasteiger partial charge on any atom is 0.356 e. The number of esters is 1. The van der Waals surface area contributed by atoms with Crippen LogP contribution in [0.3, 0.4) is 0 Å². The third-order valence-corrected chi connectivity index (χ3v) is 6.32. The van der Waals surface area contributed by atoms with Crippen LogP contribution in [0.1, 0.15) is 28.8 Å². The third-order valence-electron chi connectivity index (χ3n) is 6.32. The second-order valence-corrected chi connectivity index (χ2v) is 8.91. The van der Waals surface area contributed by atoms with E-state index in [0.717, 1.165) is 26.2 Å². The number of ether oxygens (including phenoxy) is 2. The molecular weight excluding hydrogens is 502 g/mol. The van der Waals surface area contributed by atoms with Crippen molar-refractivity contribution in [2.45, 2.75) is 19.9 Å². The number of hydrogen-bond donors (Lipinski definition) is 2. The molecule has 1 saturated heterocycles. The van der Waals surface area contributed by atoms with Crippen molar-refractivity contribution >= 4 is 28.8 Å². The quantitative estimate of drug-likeness (QED) is 0.285. The van der Waals surface area contributed by atoms with Gasteiger partial charge in [-0.05, 0) is 25.1 Å². The topological polar surface area (TPSA) is 143 Å². The lowest BCUT2D eigenvalue weighted by atomic mass is 10.1. The minimum Gasteiger partial charge on any atom is -0.461 e. The van der Waals surface area contributed by atoms with Crippen LogP contribution in [0.2, 0.25) is 0 Å². The first-order valence-corrected chi connectivity index (χ1v) is 12.8. The number of nitrogens with one attached hydrogen (secondary N) is 2. The van der Waals surface area contributed by atoms with E-state index >= 15 is 0 Å². The van der Waals surface area contributed by atoms with Crippen molar-refractivity contribution in [1.29, 1.82) is 0 Å². The Kier molecular flexibility index (Phi) is 8.20. The van der Waals surface area contributed by atoms with Gasteiger partial charge in [0.05, 0.1) is 26.0 Å². The molecule has 1 aliphatic heterocycles. The average Bonchev–Trinajstić information content (AvgIpc) is 3.43. The number of hydrazine groups is 1. The third kappa shape index (κ3) is 5.79. The Balaban J connectivity index is 1.55. The van der Waals surface area contributed by atoms with Gasteiger partial charge >= 0.3 is 5.97 Å². The smallest absolute Gasteiger partial charge is 0.356 e. The molecule has 1 fully saturated rings. The number of pyridine rings is 2. The minimum absolute atomic E-state index is 0.198. The summed E-state index contributed by atoms with van der Waals surface area (Å²) in [6, 6.07) is 7.46. The number of carbonyl (C=O) groups is 1. The first-order chi connectivity index (χ1) is 19.1. The van der Waals surface area contributed by atoms with E-state index in [2.05, 4.69) is 30.3 Å². The summed E-state index contributed by atoms with van der Waals surface area (Å²) >= 11 is 0. The van der Waals surface area contributed by atoms with Gasteiger partial charge in [-0.15, -0.1) is 0 Å². The van der Waals surface area contributed by atoms with Gasteiger partial charge in [0.25, 0.3) is 5.56 Å². The zero-order valence-corrected chi connectivity index (χ0v) is 22.0. The lowest BCUT2D eigenvalue weighted by molar-refractivity contribution is 0.0520. The van der Waals surface area contributed by atoms with Gasteiger partial charge in [0, 0.05) is 63.1 Å². The molecule has 13 heteroatoms. The highest BCUT2D eigenvalue weighted by Crippen LogP contribution is 2.24. The number of fused-ring (bicyclic) bond motifs is 1. The molecule has 204 valence electrons. The van der Waals surface area contributed by atoms with E-state index in [4.69, 9.17) is 14.5 Å². The normalized spacial score (nSPS) is 14.0. The van der Waals surface area contributed by atoms with Crippen molar-refractivity contribution in [3.05, 3.63) is 70.3 Å². The Labute approximate surface area is 224 Å². The van der Waals surface area contributed by atoms with Gasteiger partial charge in [-0.1, -0.05) is 6.07 Å². The summed E-state index contributed by atoms with van der Waals surface area (Å²) < 4.78 is 11.9. The number of hydrogen-bond acceptors (Lipinski definition) is 11. The van der Waals surface area contributed by atoms with Gasteiger partial charge in [0.1, 0.15) is 23.0 Å². The SMILES string of the molecule is CCOC(=O)c1cnc(Cc2cc3cnc(N(c4ccccn4)N4CCNCC4)nc3n(CCOC)c2=O)[nH]1. The van der Waals surface area contributed by atoms with Crippen molar-refractivity contribution in [3.63, 3.8) is 0 Å². The summed E-state index contributed by atoms with van der Waals surface area (Å²) in [5.41, 5.74) is 1.00. The summed E-state index contributed by atoms with van der Waals surface area (Å²) in [7, 11) is 1.59. The first-order valence-electron chi connectivity index (χ1n) is 12.8. The minimum atomic E-state index is -0.491. The molecule has 0 aliphatic carbocycles. The number of imidazole rings is 1. The van der Waals surface area contributed by atoms with E-state index in [1.165, 1.54) is 6.20 Å². The van der Waals surface area contributed by atoms with Crippen LogP contribution >= 0.6 is 0 Å². The van der Waals surface area contributed by atoms with E-state index in [0.29, 0.717) is 47.3 Å². The molecule has 13 nitrogen and oxygen atoms in total. The van der Waals surface area contributed by atoms with Gasteiger partial charge in [0.2, 0.25) is 5.95 Å².